The number of aromatic nitrogens is 1. The molecule has 2 heterocycles. The highest BCUT2D eigenvalue weighted by molar-refractivity contribution is 7.89. The van der Waals surface area contributed by atoms with Crippen molar-refractivity contribution >= 4 is 33.3 Å². The second-order valence-corrected chi connectivity index (χ2v) is 15.6. The van der Waals surface area contributed by atoms with Crippen molar-refractivity contribution < 1.29 is 33.0 Å². The minimum Gasteiger partial charge on any atom is -0.497 e. The van der Waals surface area contributed by atoms with Crippen LogP contribution < -0.4 is 10.1 Å². The van der Waals surface area contributed by atoms with Crippen LogP contribution in [0.5, 0.6) is 5.75 Å². The van der Waals surface area contributed by atoms with Crippen molar-refractivity contribution in [3.63, 3.8) is 0 Å². The highest BCUT2D eigenvalue weighted by atomic mass is 32.2. The number of sulfonamides is 1. The monoisotopic (exact) mass is 701 g/mol. The number of methoxy groups -OCH3 is 1. The molecule has 3 aromatic rings. The maximum atomic E-state index is 14.1. The van der Waals surface area contributed by atoms with E-state index in [0.717, 1.165) is 5.56 Å². The third-order valence-electron chi connectivity index (χ3n) is 8.20. The second kappa shape index (κ2) is 16.7. The molecule has 0 unspecified atom stereocenters. The molecule has 12 nitrogen and oxygen atoms in total. The summed E-state index contributed by atoms with van der Waals surface area (Å²) in [7, 11) is -2.50. The average Bonchev–Trinajstić information content (AvgIpc) is 3.66. The summed E-state index contributed by atoms with van der Waals surface area (Å²) in [6.07, 6.45) is -1.03. The van der Waals surface area contributed by atoms with E-state index in [9.17, 15) is 28.2 Å². The molecule has 0 saturated carbocycles. The van der Waals surface area contributed by atoms with Crippen LogP contribution in [0.15, 0.2) is 64.9 Å². The average molecular weight is 702 g/mol. The minimum absolute atomic E-state index is 0.0404. The molecule has 1 saturated heterocycles. The number of aliphatic hydroxyl groups is 2. The Labute approximate surface area is 287 Å². The van der Waals surface area contributed by atoms with Crippen molar-refractivity contribution in [3.8, 4) is 5.75 Å². The number of rotatable bonds is 17. The lowest BCUT2D eigenvalue weighted by atomic mass is 9.97. The fraction of sp³-hybridized carbons (Fsp3) is 0.500. The van der Waals surface area contributed by atoms with Gasteiger partial charge in [-0.15, -0.1) is 11.3 Å². The lowest BCUT2D eigenvalue weighted by molar-refractivity contribution is -0.128. The SMILES string of the molecule is COc1ccc(S(=O)(=O)N(CC(C)C)C[C@@H](O)[C@H](Cc2ccccc2)NC(=O)[C@H](C(C)C)N2CCN(Cc3csc(CO)n3)C2=O)cc1. The number of hydrogen-bond acceptors (Lipinski definition) is 9. The molecular weight excluding hydrogens is 655 g/mol. The minimum atomic E-state index is -4.01. The van der Waals surface area contributed by atoms with Gasteiger partial charge in [0.25, 0.3) is 0 Å². The fourth-order valence-corrected chi connectivity index (χ4v) is 8.10. The zero-order chi connectivity index (χ0) is 35.0. The first-order valence-electron chi connectivity index (χ1n) is 16.1. The van der Waals surface area contributed by atoms with Crippen molar-refractivity contribution in [2.75, 3.05) is 33.3 Å². The van der Waals surface area contributed by atoms with Crippen LogP contribution >= 0.6 is 11.3 Å². The molecule has 1 aliphatic rings. The maximum absolute atomic E-state index is 14.1. The van der Waals surface area contributed by atoms with E-state index in [-0.39, 0.29) is 55.4 Å². The van der Waals surface area contributed by atoms with Crippen molar-refractivity contribution in [3.05, 3.63) is 76.2 Å². The van der Waals surface area contributed by atoms with Crippen LogP contribution in [0.25, 0.3) is 0 Å². The number of benzene rings is 2. The van der Waals surface area contributed by atoms with Crippen LogP contribution in [0.4, 0.5) is 4.79 Å². The molecule has 3 atom stereocenters. The Morgan fingerprint density at radius 2 is 1.75 bits per heavy atom. The topological polar surface area (TPSA) is 153 Å². The van der Waals surface area contributed by atoms with E-state index < -0.39 is 34.1 Å². The summed E-state index contributed by atoms with van der Waals surface area (Å²) in [6.45, 7) is 8.27. The highest BCUT2D eigenvalue weighted by Crippen LogP contribution is 2.24. The van der Waals surface area contributed by atoms with Gasteiger partial charge in [0.2, 0.25) is 15.9 Å². The Kier molecular flexibility index (Phi) is 13.0. The summed E-state index contributed by atoms with van der Waals surface area (Å²) >= 11 is 1.32. The lowest BCUT2D eigenvalue weighted by Crippen LogP contribution is -2.57. The summed E-state index contributed by atoms with van der Waals surface area (Å²) in [5, 5.41) is 26.5. The van der Waals surface area contributed by atoms with Gasteiger partial charge in [0.05, 0.1) is 43.0 Å². The van der Waals surface area contributed by atoms with E-state index in [1.54, 1.807) is 27.3 Å². The summed E-state index contributed by atoms with van der Waals surface area (Å²) in [5.41, 5.74) is 1.52. The van der Waals surface area contributed by atoms with Crippen LogP contribution in [-0.4, -0.2) is 101 Å². The van der Waals surface area contributed by atoms with Gasteiger partial charge >= 0.3 is 6.03 Å². The number of nitrogens with zero attached hydrogens (tertiary/aromatic N) is 4. The molecule has 3 amide bonds. The number of carbonyl (C=O) groups is 2. The van der Waals surface area contributed by atoms with Crippen LogP contribution in [0.2, 0.25) is 0 Å². The third-order valence-corrected chi connectivity index (χ3v) is 10.9. The number of amides is 3. The number of thiazole rings is 1. The summed E-state index contributed by atoms with van der Waals surface area (Å²) in [4.78, 5) is 35.2. The van der Waals surface area contributed by atoms with Gasteiger partial charge in [0.15, 0.2) is 0 Å². The quantitative estimate of drug-likeness (QED) is 0.194. The van der Waals surface area contributed by atoms with E-state index in [2.05, 4.69) is 10.3 Å². The van der Waals surface area contributed by atoms with E-state index in [4.69, 9.17) is 4.74 Å². The van der Waals surface area contributed by atoms with E-state index in [1.165, 1.54) is 34.9 Å². The van der Waals surface area contributed by atoms with Crippen LogP contribution in [0.3, 0.4) is 0 Å². The smallest absolute Gasteiger partial charge is 0.321 e. The first kappa shape index (κ1) is 37.3. The van der Waals surface area contributed by atoms with Gasteiger partial charge in [-0.3, -0.25) is 4.79 Å². The number of ether oxygens (including phenoxy) is 1. The van der Waals surface area contributed by atoms with Gasteiger partial charge in [-0.05, 0) is 48.1 Å². The van der Waals surface area contributed by atoms with Crippen molar-refractivity contribution in [2.24, 2.45) is 11.8 Å². The number of nitrogens with one attached hydrogen (secondary N) is 1. The van der Waals surface area contributed by atoms with Gasteiger partial charge in [0, 0.05) is 31.6 Å². The zero-order valence-electron chi connectivity index (χ0n) is 28.2. The Morgan fingerprint density at radius 1 is 1.06 bits per heavy atom. The Morgan fingerprint density at radius 3 is 2.33 bits per heavy atom. The Hall–Kier alpha value is -3.56. The molecule has 4 rings (SSSR count). The molecule has 0 aliphatic carbocycles. The standard InChI is InChI=1S/C34H47N5O7S2/c1-23(2)18-38(48(44,45)28-13-11-27(46-5)12-14-28)20-30(41)29(17-25-9-7-6-8-10-25)36-33(42)32(24(3)4)39-16-15-37(34(39)43)19-26-22-47-31(21-40)35-26/h6-14,22-24,29-30,32,40-41H,15-21H2,1-5H3,(H,36,42)/t29-,30+,32-/m0/s1. The summed E-state index contributed by atoms with van der Waals surface area (Å²) in [6, 6.07) is 13.5. The highest BCUT2D eigenvalue weighted by Gasteiger charge is 2.40. The molecule has 48 heavy (non-hydrogen) atoms. The van der Waals surface area contributed by atoms with Crippen molar-refractivity contribution in [1.82, 2.24) is 24.4 Å². The van der Waals surface area contributed by atoms with Crippen molar-refractivity contribution in [1.29, 1.82) is 0 Å². The van der Waals surface area contributed by atoms with E-state index >= 15 is 0 Å². The first-order chi connectivity index (χ1) is 22.8. The fourth-order valence-electron chi connectivity index (χ4n) is 5.83. The molecule has 1 fully saturated rings. The third kappa shape index (κ3) is 9.32. The summed E-state index contributed by atoms with van der Waals surface area (Å²) < 4.78 is 34.1. The number of aliphatic hydroxyl groups excluding tert-OH is 2. The molecule has 0 spiro atoms. The second-order valence-electron chi connectivity index (χ2n) is 12.7. The van der Waals surface area contributed by atoms with E-state index in [0.29, 0.717) is 29.5 Å². The number of carbonyl (C=O) groups excluding carboxylic acids is 2. The van der Waals surface area contributed by atoms with Gasteiger partial charge in [-0.1, -0.05) is 58.0 Å². The van der Waals surface area contributed by atoms with Gasteiger partial charge < -0.3 is 30.1 Å². The van der Waals surface area contributed by atoms with Crippen LogP contribution in [0, 0.1) is 11.8 Å². The van der Waals surface area contributed by atoms with Crippen LogP contribution in [0.1, 0.15) is 44.0 Å². The molecule has 1 aromatic heterocycles. The van der Waals surface area contributed by atoms with Gasteiger partial charge in [-0.2, -0.15) is 4.31 Å². The van der Waals surface area contributed by atoms with Gasteiger partial charge in [-0.25, -0.2) is 18.2 Å². The normalized spacial score (nSPS) is 15.8. The molecule has 262 valence electrons. The molecule has 0 bridgehead atoms. The Balaban J connectivity index is 1.56. The lowest BCUT2D eigenvalue weighted by Gasteiger charge is -2.34. The number of hydrogen-bond donors (Lipinski definition) is 3. The largest absolute Gasteiger partial charge is 0.497 e. The van der Waals surface area contributed by atoms with Crippen molar-refractivity contribution in [2.45, 2.75) is 70.4 Å². The first-order valence-corrected chi connectivity index (χ1v) is 18.4. The Bertz CT molecular complexity index is 1600. The molecule has 3 N–H and O–H groups in total. The molecule has 14 heteroatoms. The van der Waals surface area contributed by atoms with Gasteiger partial charge in [0.1, 0.15) is 16.8 Å². The molecule has 0 radical (unpaired) electrons. The molecule has 1 aliphatic heterocycles. The summed E-state index contributed by atoms with van der Waals surface area (Å²) in [5.74, 6) is -0.198. The van der Waals surface area contributed by atoms with E-state index in [1.807, 2.05) is 58.0 Å². The molecule has 2 aromatic carbocycles. The van der Waals surface area contributed by atoms with Crippen LogP contribution in [-0.2, 0) is 34.4 Å². The predicted octanol–water partition coefficient (Wildman–Crippen LogP) is 3.34. The maximum Gasteiger partial charge on any atom is 0.321 e. The molecular formula is C34H47N5O7S2. The number of urea groups is 1. The zero-order valence-corrected chi connectivity index (χ0v) is 29.8. The predicted molar refractivity (Wildman–Crippen MR) is 184 cm³/mol.